The first kappa shape index (κ1) is 13.8. The maximum absolute atomic E-state index is 13.0. The molecular formula is C13H18F3NS. The molecule has 0 spiro atoms. The number of alkyl halides is 3. The lowest BCUT2D eigenvalue weighted by molar-refractivity contribution is -0.141. The molecule has 18 heavy (non-hydrogen) atoms. The summed E-state index contributed by atoms with van der Waals surface area (Å²) in [6.45, 7) is 3.78. The SMILES string of the molecule is CC(C)c1nc(C(F)(F)F)c(C2CCCCC2)s1. The Hall–Kier alpha value is -0.580. The highest BCUT2D eigenvalue weighted by molar-refractivity contribution is 7.12. The summed E-state index contributed by atoms with van der Waals surface area (Å²) in [7, 11) is 0. The topological polar surface area (TPSA) is 12.9 Å². The minimum atomic E-state index is -4.31. The van der Waals surface area contributed by atoms with Gasteiger partial charge in [-0.1, -0.05) is 33.1 Å². The molecular weight excluding hydrogens is 259 g/mol. The fraction of sp³-hybridized carbons (Fsp3) is 0.769. The Morgan fingerprint density at radius 2 is 1.78 bits per heavy atom. The maximum atomic E-state index is 13.0. The summed E-state index contributed by atoms with van der Waals surface area (Å²) in [6.07, 6.45) is 0.670. The molecule has 0 bridgehead atoms. The minimum Gasteiger partial charge on any atom is -0.236 e. The van der Waals surface area contributed by atoms with Crippen molar-refractivity contribution in [3.05, 3.63) is 15.6 Å². The van der Waals surface area contributed by atoms with Crippen LogP contribution < -0.4 is 0 Å². The molecule has 1 aromatic heterocycles. The molecule has 0 N–H and O–H groups in total. The number of hydrogen-bond acceptors (Lipinski definition) is 2. The Kier molecular flexibility index (Phi) is 3.99. The molecule has 0 unspecified atom stereocenters. The molecule has 0 aliphatic heterocycles. The van der Waals surface area contributed by atoms with Gasteiger partial charge in [0.2, 0.25) is 0 Å². The fourth-order valence-electron chi connectivity index (χ4n) is 2.44. The van der Waals surface area contributed by atoms with E-state index in [4.69, 9.17) is 0 Å². The van der Waals surface area contributed by atoms with Crippen molar-refractivity contribution in [2.24, 2.45) is 0 Å². The average molecular weight is 277 g/mol. The number of hydrogen-bond donors (Lipinski definition) is 0. The summed E-state index contributed by atoms with van der Waals surface area (Å²) >= 11 is 1.27. The second kappa shape index (κ2) is 5.19. The molecule has 1 saturated carbocycles. The molecule has 1 aliphatic carbocycles. The standard InChI is InChI=1S/C13H18F3NS/c1-8(2)12-17-11(13(14,15)16)10(18-12)9-6-4-3-5-7-9/h8-9H,3-7H2,1-2H3. The Labute approximate surface area is 109 Å². The van der Waals surface area contributed by atoms with Crippen LogP contribution in [-0.4, -0.2) is 4.98 Å². The number of rotatable bonds is 2. The second-order valence-electron chi connectivity index (χ2n) is 5.25. The zero-order valence-corrected chi connectivity index (χ0v) is 11.5. The highest BCUT2D eigenvalue weighted by Crippen LogP contribution is 2.44. The van der Waals surface area contributed by atoms with Gasteiger partial charge in [-0.25, -0.2) is 4.98 Å². The van der Waals surface area contributed by atoms with Crippen molar-refractivity contribution in [1.82, 2.24) is 4.98 Å². The van der Waals surface area contributed by atoms with Crippen LogP contribution in [-0.2, 0) is 6.18 Å². The first-order chi connectivity index (χ1) is 8.39. The third-order valence-corrected chi connectivity index (χ3v) is 4.93. The molecule has 0 amide bonds. The molecule has 0 saturated heterocycles. The first-order valence-corrected chi connectivity index (χ1v) is 7.29. The van der Waals surface area contributed by atoms with Crippen LogP contribution in [0.25, 0.3) is 0 Å². The van der Waals surface area contributed by atoms with Crippen LogP contribution in [0.5, 0.6) is 0 Å². The number of nitrogens with zero attached hydrogens (tertiary/aromatic N) is 1. The van der Waals surface area contributed by atoms with Crippen LogP contribution in [0.15, 0.2) is 0 Å². The predicted molar refractivity (Wildman–Crippen MR) is 67.0 cm³/mol. The van der Waals surface area contributed by atoms with Crippen LogP contribution >= 0.6 is 11.3 Å². The molecule has 1 nitrogen and oxygen atoms in total. The monoisotopic (exact) mass is 277 g/mol. The van der Waals surface area contributed by atoms with E-state index in [9.17, 15) is 13.2 Å². The number of thiazole rings is 1. The normalized spacial score (nSPS) is 18.6. The summed E-state index contributed by atoms with van der Waals surface area (Å²) in [5.41, 5.74) is -0.622. The van der Waals surface area contributed by atoms with Gasteiger partial charge in [0.1, 0.15) is 0 Å². The summed E-state index contributed by atoms with van der Waals surface area (Å²) in [5, 5.41) is 0.614. The van der Waals surface area contributed by atoms with Gasteiger partial charge in [0.25, 0.3) is 0 Å². The predicted octanol–water partition coefficient (Wildman–Crippen LogP) is 5.33. The molecule has 1 fully saturated rings. The van der Waals surface area contributed by atoms with Gasteiger partial charge in [0, 0.05) is 10.8 Å². The van der Waals surface area contributed by atoms with E-state index >= 15 is 0 Å². The van der Waals surface area contributed by atoms with Crippen molar-refractivity contribution in [1.29, 1.82) is 0 Å². The van der Waals surface area contributed by atoms with Gasteiger partial charge in [-0.2, -0.15) is 13.2 Å². The summed E-state index contributed by atoms with van der Waals surface area (Å²) < 4.78 is 39.1. The van der Waals surface area contributed by atoms with Gasteiger partial charge in [-0.05, 0) is 18.8 Å². The maximum Gasteiger partial charge on any atom is 0.434 e. The van der Waals surface area contributed by atoms with E-state index in [0.717, 1.165) is 32.1 Å². The van der Waals surface area contributed by atoms with E-state index < -0.39 is 11.9 Å². The fourth-order valence-corrected chi connectivity index (χ4v) is 3.70. The van der Waals surface area contributed by atoms with Crippen molar-refractivity contribution in [3.63, 3.8) is 0 Å². The lowest BCUT2D eigenvalue weighted by atomic mass is 9.87. The van der Waals surface area contributed by atoms with E-state index in [-0.39, 0.29) is 11.8 Å². The van der Waals surface area contributed by atoms with Crippen LogP contribution in [0.3, 0.4) is 0 Å². The molecule has 5 heteroatoms. The Balaban J connectivity index is 2.37. The van der Waals surface area contributed by atoms with Crippen molar-refractivity contribution >= 4 is 11.3 Å². The third-order valence-electron chi connectivity index (χ3n) is 3.41. The van der Waals surface area contributed by atoms with E-state index in [2.05, 4.69) is 4.98 Å². The molecule has 0 aromatic carbocycles. The van der Waals surface area contributed by atoms with Gasteiger partial charge < -0.3 is 0 Å². The molecule has 2 rings (SSSR count). The number of aromatic nitrogens is 1. The highest BCUT2D eigenvalue weighted by Gasteiger charge is 2.39. The van der Waals surface area contributed by atoms with Crippen molar-refractivity contribution in [3.8, 4) is 0 Å². The zero-order valence-electron chi connectivity index (χ0n) is 10.7. The Morgan fingerprint density at radius 3 is 2.28 bits per heavy atom. The van der Waals surface area contributed by atoms with Crippen LogP contribution in [0.2, 0.25) is 0 Å². The second-order valence-corrected chi connectivity index (χ2v) is 6.31. The molecule has 102 valence electrons. The average Bonchev–Trinajstić information content (AvgIpc) is 2.74. The van der Waals surface area contributed by atoms with E-state index in [1.165, 1.54) is 11.3 Å². The largest absolute Gasteiger partial charge is 0.434 e. The minimum absolute atomic E-state index is 0.0634. The van der Waals surface area contributed by atoms with Gasteiger partial charge in [-0.3, -0.25) is 0 Å². The molecule has 0 radical (unpaired) electrons. The van der Waals surface area contributed by atoms with Crippen molar-refractivity contribution in [2.75, 3.05) is 0 Å². The quantitative estimate of drug-likeness (QED) is 0.711. The molecule has 0 atom stereocenters. The van der Waals surface area contributed by atoms with E-state index in [1.807, 2.05) is 13.8 Å². The van der Waals surface area contributed by atoms with Crippen LogP contribution in [0.1, 0.15) is 73.4 Å². The first-order valence-electron chi connectivity index (χ1n) is 6.47. The summed E-state index contributed by atoms with van der Waals surface area (Å²) in [4.78, 5) is 4.33. The van der Waals surface area contributed by atoms with Crippen LogP contribution in [0.4, 0.5) is 13.2 Å². The van der Waals surface area contributed by atoms with Gasteiger partial charge in [-0.15, -0.1) is 11.3 Å². The van der Waals surface area contributed by atoms with Crippen LogP contribution in [0, 0.1) is 0 Å². The summed E-state index contributed by atoms with van der Waals surface area (Å²) in [5.74, 6) is 0.133. The lowest BCUT2D eigenvalue weighted by Gasteiger charge is -2.21. The van der Waals surface area contributed by atoms with E-state index in [0.29, 0.717) is 9.88 Å². The smallest absolute Gasteiger partial charge is 0.236 e. The zero-order chi connectivity index (χ0) is 13.3. The molecule has 1 aliphatic rings. The Morgan fingerprint density at radius 1 is 1.17 bits per heavy atom. The molecule has 1 aromatic rings. The van der Waals surface area contributed by atoms with E-state index in [1.54, 1.807) is 0 Å². The third kappa shape index (κ3) is 2.87. The van der Waals surface area contributed by atoms with Gasteiger partial charge in [0.05, 0.1) is 5.01 Å². The van der Waals surface area contributed by atoms with Gasteiger partial charge in [0.15, 0.2) is 5.69 Å². The molecule has 1 heterocycles. The number of halogens is 3. The lowest BCUT2D eigenvalue weighted by Crippen LogP contribution is -2.12. The summed E-state index contributed by atoms with van der Waals surface area (Å²) in [6, 6.07) is 0. The van der Waals surface area contributed by atoms with Gasteiger partial charge >= 0.3 is 6.18 Å². The van der Waals surface area contributed by atoms with Crippen molar-refractivity contribution in [2.45, 2.75) is 64.0 Å². The van der Waals surface area contributed by atoms with Crippen molar-refractivity contribution < 1.29 is 13.2 Å². The highest BCUT2D eigenvalue weighted by atomic mass is 32.1. The Bertz CT molecular complexity index is 403.